The minimum absolute atomic E-state index is 0.390. The van der Waals surface area contributed by atoms with Crippen LogP contribution in [0, 0.1) is 0 Å². The average Bonchev–Trinajstić information content (AvgIpc) is 3.71. The standard InChI is InChI=1S/C38H18S3/c1-7-19-31-25(13-1)39-26-14-4-10-22(32(26)31)38-23-11-5-17-29-35(23)33-20(8-2-15-27(33)40-29)37(19,38)21-9-3-16-28-34(21)36-24(38)12-6-18-30(36)41-28/h1-18H. The summed E-state index contributed by atoms with van der Waals surface area (Å²) in [5.74, 6) is 0. The van der Waals surface area contributed by atoms with Crippen LogP contribution in [-0.2, 0) is 10.8 Å². The molecule has 0 atom stereocenters. The monoisotopic (exact) mass is 570 g/mol. The summed E-state index contributed by atoms with van der Waals surface area (Å²) in [5.41, 5.74) is 8.07. The molecule has 12 rings (SSSR count). The summed E-state index contributed by atoms with van der Waals surface area (Å²) in [4.78, 5) is 0. The highest BCUT2D eigenvalue weighted by molar-refractivity contribution is 7.26. The number of hydrogen-bond donors (Lipinski definition) is 0. The summed E-state index contributed by atoms with van der Waals surface area (Å²) in [6.07, 6.45) is 0. The molecule has 0 unspecified atom stereocenters. The van der Waals surface area contributed by atoms with E-state index in [0.29, 0.717) is 0 Å². The average molecular weight is 571 g/mol. The van der Waals surface area contributed by atoms with Crippen molar-refractivity contribution in [1.82, 2.24) is 0 Å². The number of benzene rings is 6. The Morgan fingerprint density at radius 1 is 0.268 bits per heavy atom. The van der Waals surface area contributed by atoms with Gasteiger partial charge in [-0.15, -0.1) is 34.0 Å². The van der Waals surface area contributed by atoms with Crippen molar-refractivity contribution >= 4 is 94.5 Å². The first kappa shape index (κ1) is 20.8. The summed E-state index contributed by atoms with van der Waals surface area (Å²) in [5, 5.41) is 8.77. The topological polar surface area (TPSA) is 0 Å². The maximum absolute atomic E-state index is 2.48. The van der Waals surface area contributed by atoms with E-state index < -0.39 is 10.8 Å². The lowest BCUT2D eigenvalue weighted by atomic mass is 9.40. The van der Waals surface area contributed by atoms with E-state index in [1.807, 2.05) is 34.0 Å². The summed E-state index contributed by atoms with van der Waals surface area (Å²) in [6, 6.07) is 42.9. The van der Waals surface area contributed by atoms with E-state index in [-0.39, 0.29) is 0 Å². The van der Waals surface area contributed by atoms with Crippen LogP contribution in [0.5, 0.6) is 0 Å². The van der Waals surface area contributed by atoms with Gasteiger partial charge < -0.3 is 0 Å². The second-order valence-electron chi connectivity index (χ2n) is 11.9. The van der Waals surface area contributed by atoms with E-state index in [2.05, 4.69) is 109 Å². The molecule has 0 saturated carbocycles. The molecule has 0 spiro atoms. The van der Waals surface area contributed by atoms with Gasteiger partial charge in [-0.2, -0.15) is 0 Å². The summed E-state index contributed by atoms with van der Waals surface area (Å²) < 4.78 is 8.39. The molecule has 0 aliphatic heterocycles. The quantitative estimate of drug-likeness (QED) is 0.170. The lowest BCUT2D eigenvalue weighted by Gasteiger charge is -2.59. The third-order valence-electron chi connectivity index (χ3n) is 10.6. The molecule has 9 aromatic rings. The molecule has 6 aromatic carbocycles. The van der Waals surface area contributed by atoms with Crippen molar-refractivity contribution in [1.29, 1.82) is 0 Å². The molecule has 0 fully saturated rings. The van der Waals surface area contributed by atoms with Crippen molar-refractivity contribution in [2.45, 2.75) is 10.8 Å². The van der Waals surface area contributed by atoms with Crippen molar-refractivity contribution in [2.24, 2.45) is 0 Å². The van der Waals surface area contributed by atoms with E-state index in [1.54, 1.807) is 0 Å². The maximum Gasteiger partial charge on any atom is 0.0649 e. The zero-order valence-electron chi connectivity index (χ0n) is 21.6. The van der Waals surface area contributed by atoms with Gasteiger partial charge in [-0.25, -0.2) is 0 Å². The second kappa shape index (κ2) is 6.39. The summed E-state index contributed by atoms with van der Waals surface area (Å²) in [6.45, 7) is 0. The van der Waals surface area contributed by atoms with Crippen molar-refractivity contribution in [3.05, 3.63) is 143 Å². The highest BCUT2D eigenvalue weighted by atomic mass is 32.1. The van der Waals surface area contributed by atoms with Crippen LogP contribution in [0.3, 0.4) is 0 Å². The molecule has 3 aliphatic rings. The predicted octanol–water partition coefficient (Wildman–Crippen LogP) is 11.1. The maximum atomic E-state index is 2.48. The van der Waals surface area contributed by atoms with Crippen molar-refractivity contribution in [3.8, 4) is 0 Å². The van der Waals surface area contributed by atoms with E-state index in [4.69, 9.17) is 0 Å². The highest BCUT2D eigenvalue weighted by Gasteiger charge is 2.65. The lowest BCUT2D eigenvalue weighted by molar-refractivity contribution is 0.426. The van der Waals surface area contributed by atoms with Crippen LogP contribution in [0.15, 0.2) is 109 Å². The zero-order valence-corrected chi connectivity index (χ0v) is 24.1. The minimum Gasteiger partial charge on any atom is -0.135 e. The molecule has 41 heavy (non-hydrogen) atoms. The van der Waals surface area contributed by atoms with Gasteiger partial charge in [-0.3, -0.25) is 0 Å². The number of hydrogen-bond acceptors (Lipinski definition) is 3. The summed E-state index contributed by atoms with van der Waals surface area (Å²) in [7, 11) is 0. The van der Waals surface area contributed by atoms with Gasteiger partial charge in [-0.1, -0.05) is 72.8 Å². The minimum atomic E-state index is -0.390. The molecule has 0 amide bonds. The fourth-order valence-electron chi connectivity index (χ4n) is 9.56. The van der Waals surface area contributed by atoms with Crippen molar-refractivity contribution in [3.63, 3.8) is 0 Å². The van der Waals surface area contributed by atoms with E-state index in [1.165, 1.54) is 93.9 Å². The lowest BCUT2D eigenvalue weighted by Crippen LogP contribution is -2.56. The van der Waals surface area contributed by atoms with Crippen LogP contribution in [-0.4, -0.2) is 0 Å². The Morgan fingerprint density at radius 3 is 0.659 bits per heavy atom. The molecule has 3 heteroatoms. The Morgan fingerprint density at radius 2 is 0.463 bits per heavy atom. The van der Waals surface area contributed by atoms with E-state index in [0.717, 1.165) is 0 Å². The Hall–Kier alpha value is -4.02. The van der Waals surface area contributed by atoms with Crippen LogP contribution in [0.4, 0.5) is 0 Å². The van der Waals surface area contributed by atoms with Gasteiger partial charge in [0, 0.05) is 60.5 Å². The van der Waals surface area contributed by atoms with E-state index in [9.17, 15) is 0 Å². The molecule has 0 N–H and O–H groups in total. The molecule has 0 radical (unpaired) electrons. The van der Waals surface area contributed by atoms with Gasteiger partial charge in [0.1, 0.15) is 0 Å². The van der Waals surface area contributed by atoms with Crippen LogP contribution < -0.4 is 0 Å². The van der Waals surface area contributed by atoms with Crippen LogP contribution >= 0.6 is 34.0 Å². The van der Waals surface area contributed by atoms with Gasteiger partial charge in [0.05, 0.1) is 10.8 Å². The number of thiophene rings is 3. The van der Waals surface area contributed by atoms with Gasteiger partial charge in [0.25, 0.3) is 0 Å². The van der Waals surface area contributed by atoms with Crippen molar-refractivity contribution < 1.29 is 0 Å². The SMILES string of the molecule is c1cc2c3c(c1)sc1cccc(c13)C13c4cccc5sc6cccc(c6c45)C21c1cccc2sc4cccc3c4c12. The highest BCUT2D eigenvalue weighted by Crippen LogP contribution is 2.73. The fourth-order valence-corrected chi connectivity index (χ4v) is 13.0. The zero-order chi connectivity index (χ0) is 26.2. The fraction of sp³-hybridized carbons (Fsp3) is 0.0526. The largest absolute Gasteiger partial charge is 0.135 e. The molecule has 3 aromatic heterocycles. The molecule has 3 aliphatic carbocycles. The molecule has 3 heterocycles. The van der Waals surface area contributed by atoms with Crippen LogP contribution in [0.25, 0.3) is 60.5 Å². The Kier molecular flexibility index (Phi) is 3.24. The molecule has 0 saturated heterocycles. The first-order chi connectivity index (χ1) is 20.3. The molecular weight excluding hydrogens is 553 g/mol. The molecule has 0 bridgehead atoms. The third kappa shape index (κ3) is 1.87. The van der Waals surface area contributed by atoms with Gasteiger partial charge in [-0.05, 0) is 69.8 Å². The first-order valence-electron chi connectivity index (χ1n) is 14.2. The number of rotatable bonds is 0. The predicted molar refractivity (Wildman–Crippen MR) is 178 cm³/mol. The van der Waals surface area contributed by atoms with Gasteiger partial charge in [0.2, 0.25) is 0 Å². The Balaban J connectivity index is 1.55. The Bertz CT molecular complexity index is 2240. The summed E-state index contributed by atoms with van der Waals surface area (Å²) >= 11 is 5.88. The van der Waals surface area contributed by atoms with Crippen LogP contribution in [0.1, 0.15) is 33.4 Å². The second-order valence-corrected chi connectivity index (χ2v) is 15.1. The first-order valence-corrected chi connectivity index (χ1v) is 16.6. The third-order valence-corrected chi connectivity index (χ3v) is 13.9. The van der Waals surface area contributed by atoms with Gasteiger partial charge >= 0.3 is 0 Å². The molecule has 0 nitrogen and oxygen atoms in total. The molecule has 188 valence electrons. The smallest absolute Gasteiger partial charge is 0.0649 e. The van der Waals surface area contributed by atoms with Crippen molar-refractivity contribution in [2.75, 3.05) is 0 Å². The Labute approximate surface area is 246 Å². The molecular formula is C38H18S3. The normalized spacial score (nSPS) is 21.4. The van der Waals surface area contributed by atoms with E-state index >= 15 is 0 Å². The van der Waals surface area contributed by atoms with Crippen LogP contribution in [0.2, 0.25) is 0 Å². The van der Waals surface area contributed by atoms with Gasteiger partial charge in [0.15, 0.2) is 0 Å².